The number of hydrogen-bond acceptors (Lipinski definition) is 4. The van der Waals surface area contributed by atoms with Gasteiger partial charge in [0, 0.05) is 25.1 Å². The van der Waals surface area contributed by atoms with E-state index in [2.05, 4.69) is 15.3 Å². The van der Waals surface area contributed by atoms with Gasteiger partial charge in [0.2, 0.25) is 5.91 Å². The highest BCUT2D eigenvalue weighted by Gasteiger charge is 2.24. The van der Waals surface area contributed by atoms with Gasteiger partial charge in [0.25, 0.3) is 0 Å². The number of nitrogens with zero attached hydrogens (tertiary/aromatic N) is 2. The summed E-state index contributed by atoms with van der Waals surface area (Å²) in [6, 6.07) is 7.34. The normalized spacial score (nSPS) is 12.2. The van der Waals surface area contributed by atoms with Crippen LogP contribution in [0.25, 0.3) is 0 Å². The number of rotatable bonds is 6. The Morgan fingerprint density at radius 1 is 1.32 bits per heavy atom. The zero-order chi connectivity index (χ0) is 15.9. The highest BCUT2D eigenvalue weighted by Crippen LogP contribution is 2.31. The maximum absolute atomic E-state index is 12.5. The highest BCUT2D eigenvalue weighted by atomic mass is 35.5. The summed E-state index contributed by atoms with van der Waals surface area (Å²) < 4.78 is 0. The van der Waals surface area contributed by atoms with Gasteiger partial charge in [0.05, 0.1) is 10.3 Å². The largest absolute Gasteiger partial charge is 0.351 e. The predicted octanol–water partition coefficient (Wildman–Crippen LogP) is 3.56. The molecule has 0 saturated carbocycles. The van der Waals surface area contributed by atoms with E-state index in [0.717, 1.165) is 5.56 Å². The Bertz CT molecular complexity index is 622. The van der Waals surface area contributed by atoms with Crippen LogP contribution < -0.4 is 5.32 Å². The van der Waals surface area contributed by atoms with Crippen LogP contribution in [0.5, 0.6) is 0 Å². The van der Waals surface area contributed by atoms with E-state index < -0.39 is 0 Å². The Hall–Kier alpha value is -1.59. The van der Waals surface area contributed by atoms with Crippen molar-refractivity contribution in [1.82, 2.24) is 15.3 Å². The first-order chi connectivity index (χ1) is 10.6. The van der Waals surface area contributed by atoms with Crippen molar-refractivity contribution in [2.75, 3.05) is 0 Å². The maximum Gasteiger partial charge on any atom is 0.234 e. The van der Waals surface area contributed by atoms with Gasteiger partial charge in [-0.2, -0.15) is 0 Å². The Morgan fingerprint density at radius 3 is 2.73 bits per heavy atom. The first-order valence-corrected chi connectivity index (χ1v) is 8.27. The molecule has 0 fully saturated rings. The summed E-state index contributed by atoms with van der Waals surface area (Å²) in [7, 11) is 0. The fourth-order valence-corrected chi connectivity index (χ4v) is 3.12. The molecule has 22 heavy (non-hydrogen) atoms. The zero-order valence-corrected chi connectivity index (χ0v) is 14.1. The second-order valence-corrected chi connectivity index (χ2v) is 6.69. The van der Waals surface area contributed by atoms with Gasteiger partial charge >= 0.3 is 0 Å². The first kappa shape index (κ1) is 16.8. The highest BCUT2D eigenvalue weighted by molar-refractivity contribution is 8.00. The number of carbonyl (C=O) groups is 1. The average molecular weight is 336 g/mol. The Balaban J connectivity index is 2.01. The van der Waals surface area contributed by atoms with Crippen LogP contribution in [0.15, 0.2) is 47.9 Å². The van der Waals surface area contributed by atoms with Gasteiger partial charge < -0.3 is 5.32 Å². The summed E-state index contributed by atoms with van der Waals surface area (Å²) in [5.74, 6) is 0.141. The Labute approximate surface area is 139 Å². The molecule has 0 unspecified atom stereocenters. The molecule has 0 aliphatic rings. The molecule has 1 amide bonds. The van der Waals surface area contributed by atoms with Gasteiger partial charge in [0.15, 0.2) is 0 Å². The van der Waals surface area contributed by atoms with Crippen molar-refractivity contribution in [2.24, 2.45) is 5.92 Å². The first-order valence-electron chi connectivity index (χ1n) is 7.01. The molecule has 0 saturated heterocycles. The van der Waals surface area contributed by atoms with E-state index in [0.29, 0.717) is 16.6 Å². The van der Waals surface area contributed by atoms with Gasteiger partial charge in [-0.25, -0.2) is 4.98 Å². The van der Waals surface area contributed by atoms with Crippen LogP contribution in [0, 0.1) is 5.92 Å². The molecule has 1 atom stereocenters. The van der Waals surface area contributed by atoms with E-state index in [1.54, 1.807) is 30.7 Å². The second kappa shape index (κ2) is 8.15. The molecule has 1 N–H and O–H groups in total. The minimum atomic E-state index is -0.246. The topological polar surface area (TPSA) is 54.9 Å². The lowest BCUT2D eigenvalue weighted by molar-refractivity contribution is -0.121. The molecule has 6 heteroatoms. The molecular formula is C16H18ClN3OS. The summed E-state index contributed by atoms with van der Waals surface area (Å²) in [4.78, 5) is 20.7. The van der Waals surface area contributed by atoms with Crippen molar-refractivity contribution in [3.8, 4) is 0 Å². The van der Waals surface area contributed by atoms with Crippen LogP contribution in [0.2, 0.25) is 5.02 Å². The maximum atomic E-state index is 12.5. The molecule has 0 spiro atoms. The van der Waals surface area contributed by atoms with Gasteiger partial charge in [0.1, 0.15) is 5.03 Å². The smallest absolute Gasteiger partial charge is 0.234 e. The molecule has 0 aliphatic heterocycles. The summed E-state index contributed by atoms with van der Waals surface area (Å²) in [5.41, 5.74) is 0.972. The van der Waals surface area contributed by atoms with E-state index >= 15 is 0 Å². The van der Waals surface area contributed by atoms with Crippen LogP contribution in [-0.2, 0) is 11.3 Å². The fraction of sp³-hybridized carbons (Fsp3) is 0.312. The molecule has 2 aromatic rings. The number of amides is 1. The number of aromatic nitrogens is 2. The Kier molecular flexibility index (Phi) is 6.21. The fourth-order valence-electron chi connectivity index (χ4n) is 1.86. The zero-order valence-electron chi connectivity index (χ0n) is 12.5. The standard InChI is InChI=1S/C16H18ClN3OS/c1-11(2)14(22-16-13(17)6-4-8-19-16)15(21)20-10-12-5-3-7-18-9-12/h3-9,11,14H,10H2,1-2H3,(H,20,21)/t14-/m1/s1. The molecule has 4 nitrogen and oxygen atoms in total. The molecule has 0 radical (unpaired) electrons. The summed E-state index contributed by atoms with van der Waals surface area (Å²) >= 11 is 7.52. The van der Waals surface area contributed by atoms with Crippen LogP contribution >= 0.6 is 23.4 Å². The number of pyridine rings is 2. The van der Waals surface area contributed by atoms with Crippen LogP contribution in [0.3, 0.4) is 0 Å². The van der Waals surface area contributed by atoms with Crippen LogP contribution in [-0.4, -0.2) is 21.1 Å². The van der Waals surface area contributed by atoms with Gasteiger partial charge in [-0.3, -0.25) is 9.78 Å². The van der Waals surface area contributed by atoms with E-state index in [1.807, 2.05) is 26.0 Å². The lowest BCUT2D eigenvalue weighted by atomic mass is 10.1. The molecule has 2 heterocycles. The molecule has 2 rings (SSSR count). The van der Waals surface area contributed by atoms with Gasteiger partial charge in [-0.05, 0) is 29.7 Å². The van der Waals surface area contributed by atoms with Crippen molar-refractivity contribution in [3.05, 3.63) is 53.4 Å². The monoisotopic (exact) mass is 335 g/mol. The molecular weight excluding hydrogens is 318 g/mol. The lowest BCUT2D eigenvalue weighted by Crippen LogP contribution is -2.35. The van der Waals surface area contributed by atoms with E-state index in [9.17, 15) is 4.79 Å². The van der Waals surface area contributed by atoms with E-state index in [1.165, 1.54) is 11.8 Å². The van der Waals surface area contributed by atoms with Gasteiger partial charge in [-0.1, -0.05) is 43.3 Å². The SMILES string of the molecule is CC(C)[C@@H](Sc1ncccc1Cl)C(=O)NCc1cccnc1. The van der Waals surface area contributed by atoms with Crippen LogP contribution in [0.4, 0.5) is 0 Å². The molecule has 116 valence electrons. The van der Waals surface area contributed by atoms with Crippen LogP contribution in [0.1, 0.15) is 19.4 Å². The molecule has 2 aromatic heterocycles. The third-order valence-corrected chi connectivity index (χ3v) is 4.99. The number of halogens is 1. The minimum Gasteiger partial charge on any atom is -0.351 e. The third kappa shape index (κ3) is 4.71. The minimum absolute atomic E-state index is 0.0226. The number of carbonyl (C=O) groups excluding carboxylic acids is 1. The molecule has 0 aromatic carbocycles. The average Bonchev–Trinajstić information content (AvgIpc) is 2.52. The van der Waals surface area contributed by atoms with Gasteiger partial charge in [-0.15, -0.1) is 0 Å². The van der Waals surface area contributed by atoms with Crippen molar-refractivity contribution < 1.29 is 4.79 Å². The number of thioether (sulfide) groups is 1. The third-order valence-electron chi connectivity index (χ3n) is 3.02. The molecule has 0 bridgehead atoms. The Morgan fingerprint density at radius 2 is 2.09 bits per heavy atom. The predicted molar refractivity (Wildman–Crippen MR) is 89.8 cm³/mol. The van der Waals surface area contributed by atoms with Crippen molar-refractivity contribution in [3.63, 3.8) is 0 Å². The quantitative estimate of drug-likeness (QED) is 0.820. The number of nitrogens with one attached hydrogen (secondary N) is 1. The summed E-state index contributed by atoms with van der Waals surface area (Å²) in [6.45, 7) is 4.49. The van der Waals surface area contributed by atoms with Crippen molar-refractivity contribution in [1.29, 1.82) is 0 Å². The van der Waals surface area contributed by atoms with Crippen molar-refractivity contribution >= 4 is 29.3 Å². The summed E-state index contributed by atoms with van der Waals surface area (Å²) in [5, 5.41) is 3.95. The lowest BCUT2D eigenvalue weighted by Gasteiger charge is -2.19. The van der Waals surface area contributed by atoms with Crippen molar-refractivity contribution in [2.45, 2.75) is 30.7 Å². The van der Waals surface area contributed by atoms with E-state index in [4.69, 9.17) is 11.6 Å². The summed E-state index contributed by atoms with van der Waals surface area (Å²) in [6.07, 6.45) is 5.13. The number of hydrogen-bond donors (Lipinski definition) is 1. The second-order valence-electron chi connectivity index (χ2n) is 5.15. The molecule has 0 aliphatic carbocycles. The van der Waals surface area contributed by atoms with E-state index in [-0.39, 0.29) is 17.1 Å².